The minimum atomic E-state index is 0.262. The van der Waals surface area contributed by atoms with Crippen molar-refractivity contribution in [2.75, 3.05) is 13.2 Å². The van der Waals surface area contributed by atoms with Gasteiger partial charge in [-0.3, -0.25) is 4.40 Å². The smallest absolute Gasteiger partial charge is 0.258 e. The molecule has 2 aromatic heterocycles. The Hall–Kier alpha value is -2.79. The van der Waals surface area contributed by atoms with Crippen LogP contribution >= 0.6 is 0 Å². The second-order valence-electron chi connectivity index (χ2n) is 3.83. The van der Waals surface area contributed by atoms with E-state index in [-0.39, 0.29) is 13.2 Å². The van der Waals surface area contributed by atoms with E-state index in [0.29, 0.717) is 11.5 Å². The molecule has 0 aliphatic heterocycles. The fraction of sp³-hybridized carbons (Fsp3) is 0.167. The van der Waals surface area contributed by atoms with Gasteiger partial charge in [0.1, 0.15) is 0 Å². The zero-order valence-electron chi connectivity index (χ0n) is 9.97. The zero-order valence-corrected chi connectivity index (χ0v) is 9.97. The second kappa shape index (κ2) is 4.83. The number of nitrogens with zero attached hydrogens (tertiary/aromatic N) is 6. The summed E-state index contributed by atoms with van der Waals surface area (Å²) in [4.78, 5) is 11.3. The van der Waals surface area contributed by atoms with E-state index in [2.05, 4.69) is 20.0 Å². The molecule has 0 atom stereocenters. The Balaban J connectivity index is 2.06. The minimum absolute atomic E-state index is 0.262. The van der Waals surface area contributed by atoms with Gasteiger partial charge in [-0.2, -0.15) is 0 Å². The van der Waals surface area contributed by atoms with Crippen LogP contribution < -0.4 is 4.74 Å². The summed E-state index contributed by atoms with van der Waals surface area (Å²) in [5.74, 6) is 0.442. The molecule has 1 aromatic carbocycles. The Bertz CT molecular complexity index is 774. The highest BCUT2D eigenvalue weighted by Crippen LogP contribution is 2.21. The van der Waals surface area contributed by atoms with Gasteiger partial charge in [-0.1, -0.05) is 17.2 Å². The van der Waals surface area contributed by atoms with Crippen molar-refractivity contribution in [3.8, 4) is 5.88 Å². The Morgan fingerprint density at radius 1 is 1.37 bits per heavy atom. The molecule has 3 aromatic rings. The summed E-state index contributed by atoms with van der Waals surface area (Å²) in [5.41, 5.74) is 10.7. The molecular weight excluding hydrogens is 244 g/mol. The first kappa shape index (κ1) is 11.3. The SMILES string of the molecule is [N-]=[N+]=NCCOc1nc2ccccc2n2ccnc12. The summed E-state index contributed by atoms with van der Waals surface area (Å²) >= 11 is 0. The lowest BCUT2D eigenvalue weighted by Crippen LogP contribution is -2.04. The van der Waals surface area contributed by atoms with Crippen molar-refractivity contribution in [1.82, 2.24) is 14.4 Å². The molecule has 7 nitrogen and oxygen atoms in total. The molecule has 0 saturated carbocycles. The summed E-state index contributed by atoms with van der Waals surface area (Å²) in [6.45, 7) is 0.537. The van der Waals surface area contributed by atoms with E-state index < -0.39 is 0 Å². The quantitative estimate of drug-likeness (QED) is 0.310. The number of ether oxygens (including phenoxy) is 1. The summed E-state index contributed by atoms with van der Waals surface area (Å²) in [7, 11) is 0. The molecule has 0 aliphatic carbocycles. The topological polar surface area (TPSA) is 88.2 Å². The van der Waals surface area contributed by atoms with Gasteiger partial charge in [-0.25, -0.2) is 9.97 Å². The number of para-hydroxylation sites is 2. The van der Waals surface area contributed by atoms with E-state index in [1.165, 1.54) is 0 Å². The van der Waals surface area contributed by atoms with Crippen LogP contribution in [0.5, 0.6) is 5.88 Å². The van der Waals surface area contributed by atoms with E-state index in [1.54, 1.807) is 6.20 Å². The lowest BCUT2D eigenvalue weighted by molar-refractivity contribution is 0.319. The Morgan fingerprint density at radius 3 is 3.16 bits per heavy atom. The molecule has 0 bridgehead atoms. The van der Waals surface area contributed by atoms with Crippen molar-refractivity contribution in [3.63, 3.8) is 0 Å². The summed E-state index contributed by atoms with van der Waals surface area (Å²) in [5, 5.41) is 3.42. The van der Waals surface area contributed by atoms with Crippen LogP contribution in [0.2, 0.25) is 0 Å². The first-order valence-electron chi connectivity index (χ1n) is 5.75. The fourth-order valence-corrected chi connectivity index (χ4v) is 1.90. The fourth-order valence-electron chi connectivity index (χ4n) is 1.90. The number of benzene rings is 1. The second-order valence-corrected chi connectivity index (χ2v) is 3.83. The van der Waals surface area contributed by atoms with Crippen molar-refractivity contribution in [2.24, 2.45) is 5.11 Å². The lowest BCUT2D eigenvalue weighted by Gasteiger charge is -2.07. The predicted octanol–water partition coefficient (Wildman–Crippen LogP) is 2.57. The van der Waals surface area contributed by atoms with Crippen molar-refractivity contribution < 1.29 is 4.74 Å². The first-order chi connectivity index (χ1) is 9.40. The minimum Gasteiger partial charge on any atom is -0.475 e. The number of fused-ring (bicyclic) bond motifs is 3. The number of azide groups is 1. The van der Waals surface area contributed by atoms with Gasteiger partial charge in [-0.05, 0) is 17.7 Å². The first-order valence-corrected chi connectivity index (χ1v) is 5.75. The van der Waals surface area contributed by atoms with Crippen molar-refractivity contribution in [3.05, 3.63) is 47.1 Å². The highest BCUT2D eigenvalue weighted by molar-refractivity contribution is 5.79. The molecule has 7 heteroatoms. The molecule has 19 heavy (non-hydrogen) atoms. The Kier molecular flexibility index (Phi) is 2.88. The third kappa shape index (κ3) is 2.02. The van der Waals surface area contributed by atoms with Gasteiger partial charge in [0.05, 0.1) is 24.2 Å². The van der Waals surface area contributed by atoms with Crippen LogP contribution in [-0.4, -0.2) is 27.5 Å². The highest BCUT2D eigenvalue weighted by Gasteiger charge is 2.09. The summed E-state index contributed by atoms with van der Waals surface area (Å²) < 4.78 is 7.45. The number of hydrogen-bond acceptors (Lipinski definition) is 4. The molecule has 0 aliphatic rings. The highest BCUT2D eigenvalue weighted by atomic mass is 16.5. The number of rotatable bonds is 4. The maximum Gasteiger partial charge on any atom is 0.258 e. The van der Waals surface area contributed by atoms with Gasteiger partial charge in [0.15, 0.2) is 0 Å². The molecule has 0 amide bonds. The van der Waals surface area contributed by atoms with Gasteiger partial charge in [-0.15, -0.1) is 0 Å². The molecule has 0 radical (unpaired) electrons. The molecule has 0 N–H and O–H groups in total. The molecule has 0 spiro atoms. The van der Waals surface area contributed by atoms with E-state index in [0.717, 1.165) is 11.0 Å². The molecular formula is C12H10N6O. The molecule has 3 rings (SSSR count). The van der Waals surface area contributed by atoms with Crippen molar-refractivity contribution >= 4 is 16.7 Å². The van der Waals surface area contributed by atoms with Gasteiger partial charge >= 0.3 is 0 Å². The van der Waals surface area contributed by atoms with E-state index in [9.17, 15) is 0 Å². The van der Waals surface area contributed by atoms with Crippen LogP contribution in [0.3, 0.4) is 0 Å². The maximum atomic E-state index is 8.21. The van der Waals surface area contributed by atoms with Crippen LogP contribution in [0.15, 0.2) is 41.8 Å². The average Bonchev–Trinajstić information content (AvgIpc) is 2.93. The predicted molar refractivity (Wildman–Crippen MR) is 70.0 cm³/mol. The molecule has 0 unspecified atom stereocenters. The van der Waals surface area contributed by atoms with Crippen LogP contribution in [0.1, 0.15) is 0 Å². The third-order valence-electron chi connectivity index (χ3n) is 2.69. The lowest BCUT2D eigenvalue weighted by atomic mass is 10.3. The third-order valence-corrected chi connectivity index (χ3v) is 2.69. The number of aromatic nitrogens is 3. The van der Waals surface area contributed by atoms with Gasteiger partial charge < -0.3 is 4.74 Å². The van der Waals surface area contributed by atoms with E-state index in [1.807, 2.05) is 34.9 Å². The summed E-state index contributed by atoms with van der Waals surface area (Å²) in [6, 6.07) is 7.75. The molecule has 0 saturated heterocycles. The Morgan fingerprint density at radius 2 is 2.26 bits per heavy atom. The van der Waals surface area contributed by atoms with Gasteiger partial charge in [0.2, 0.25) is 5.65 Å². The standard InChI is InChI=1S/C12H10N6O/c13-17-15-6-8-19-12-11-14-5-7-18(11)10-4-2-1-3-9(10)16-12/h1-5,7H,6,8H2. The van der Waals surface area contributed by atoms with Crippen LogP contribution in [0.4, 0.5) is 0 Å². The molecule has 2 heterocycles. The van der Waals surface area contributed by atoms with Gasteiger partial charge in [0, 0.05) is 17.3 Å². The van der Waals surface area contributed by atoms with Gasteiger partial charge in [0.25, 0.3) is 5.88 Å². The molecule has 94 valence electrons. The maximum absolute atomic E-state index is 8.21. The number of hydrogen-bond donors (Lipinski definition) is 0. The van der Waals surface area contributed by atoms with Crippen LogP contribution in [0, 0.1) is 0 Å². The van der Waals surface area contributed by atoms with Crippen LogP contribution in [-0.2, 0) is 0 Å². The Labute approximate surface area is 108 Å². The zero-order chi connectivity index (χ0) is 13.1. The monoisotopic (exact) mass is 254 g/mol. The average molecular weight is 254 g/mol. The van der Waals surface area contributed by atoms with E-state index >= 15 is 0 Å². The largest absolute Gasteiger partial charge is 0.475 e. The van der Waals surface area contributed by atoms with E-state index in [4.69, 9.17) is 10.3 Å². The normalized spacial score (nSPS) is 10.5. The van der Waals surface area contributed by atoms with Crippen molar-refractivity contribution in [1.29, 1.82) is 0 Å². The molecule has 0 fully saturated rings. The summed E-state index contributed by atoms with van der Waals surface area (Å²) in [6.07, 6.45) is 3.56. The number of imidazole rings is 1. The van der Waals surface area contributed by atoms with Crippen molar-refractivity contribution in [2.45, 2.75) is 0 Å². The van der Waals surface area contributed by atoms with Crippen LogP contribution in [0.25, 0.3) is 27.1 Å².